The van der Waals surface area contributed by atoms with Gasteiger partial charge >= 0.3 is 5.97 Å². The number of Topliss-reactive ketones (excluding diaryl/α,β-unsaturated/α-hetero) is 1. The second-order valence-corrected chi connectivity index (χ2v) is 3.50. The summed E-state index contributed by atoms with van der Waals surface area (Å²) in [6.07, 6.45) is -0.201. The van der Waals surface area contributed by atoms with Crippen molar-refractivity contribution in [2.75, 3.05) is 7.11 Å². The molecule has 0 radical (unpaired) electrons. The number of ketones is 1. The van der Waals surface area contributed by atoms with Crippen molar-refractivity contribution < 1.29 is 18.7 Å². The lowest BCUT2D eigenvalue weighted by Crippen LogP contribution is -2.08. The number of hydrogen-bond acceptors (Lipinski definition) is 3. The number of carbonyl (C=O) groups excluding carboxylic acids is 2. The molecule has 5 heteroatoms. The van der Waals surface area contributed by atoms with Gasteiger partial charge in [-0.15, -0.1) is 0 Å². The molecule has 0 N–H and O–H groups in total. The number of methoxy groups -OCH3 is 1. The lowest BCUT2D eigenvalue weighted by atomic mass is 10.1. The summed E-state index contributed by atoms with van der Waals surface area (Å²) in [5, 5.41) is 0.0508. The summed E-state index contributed by atoms with van der Waals surface area (Å²) < 4.78 is 17.7. The van der Waals surface area contributed by atoms with Gasteiger partial charge in [-0.25, -0.2) is 4.39 Å². The maximum Gasteiger partial charge on any atom is 0.305 e. The molecule has 16 heavy (non-hydrogen) atoms. The van der Waals surface area contributed by atoms with E-state index in [1.807, 2.05) is 0 Å². The number of hydrogen-bond donors (Lipinski definition) is 0. The maximum atomic E-state index is 13.3. The molecule has 0 spiro atoms. The molecule has 1 aromatic rings. The Bertz CT molecular complexity index is 397. The van der Waals surface area contributed by atoms with Crippen molar-refractivity contribution in [3.8, 4) is 0 Å². The molecule has 86 valence electrons. The summed E-state index contributed by atoms with van der Waals surface area (Å²) in [6, 6.07) is 3.99. The van der Waals surface area contributed by atoms with Crippen molar-refractivity contribution in [3.63, 3.8) is 0 Å². The minimum absolute atomic E-state index is 0.0508. The van der Waals surface area contributed by atoms with Crippen LogP contribution in [0.2, 0.25) is 5.02 Å². The molecule has 0 saturated carbocycles. The molecule has 1 aromatic carbocycles. The van der Waals surface area contributed by atoms with E-state index in [0.717, 1.165) is 6.07 Å². The number of benzene rings is 1. The van der Waals surface area contributed by atoms with Crippen LogP contribution in [0.3, 0.4) is 0 Å². The van der Waals surface area contributed by atoms with E-state index in [4.69, 9.17) is 11.6 Å². The topological polar surface area (TPSA) is 43.4 Å². The van der Waals surface area contributed by atoms with E-state index in [-0.39, 0.29) is 23.4 Å². The Kier molecular flexibility index (Phi) is 4.43. The van der Waals surface area contributed by atoms with Crippen molar-refractivity contribution in [2.45, 2.75) is 12.8 Å². The standard InChI is InChI=1S/C11H10ClFO3/c1-16-10(15)6-5-9(14)11-7(12)3-2-4-8(11)13/h2-4H,5-6H2,1H3. The van der Waals surface area contributed by atoms with Crippen LogP contribution in [0.5, 0.6) is 0 Å². The zero-order valence-corrected chi connectivity index (χ0v) is 9.38. The molecule has 0 aliphatic heterocycles. The van der Waals surface area contributed by atoms with Gasteiger partial charge in [-0.1, -0.05) is 17.7 Å². The second-order valence-electron chi connectivity index (χ2n) is 3.10. The number of carbonyl (C=O) groups is 2. The van der Waals surface area contributed by atoms with Gasteiger partial charge in [-0.05, 0) is 12.1 Å². The van der Waals surface area contributed by atoms with Crippen molar-refractivity contribution in [1.29, 1.82) is 0 Å². The monoisotopic (exact) mass is 244 g/mol. The van der Waals surface area contributed by atoms with Gasteiger partial charge in [0.15, 0.2) is 5.78 Å². The van der Waals surface area contributed by atoms with Crippen molar-refractivity contribution in [1.82, 2.24) is 0 Å². The SMILES string of the molecule is COC(=O)CCC(=O)c1c(F)cccc1Cl. The zero-order chi connectivity index (χ0) is 12.1. The van der Waals surface area contributed by atoms with Crippen LogP contribution in [0, 0.1) is 5.82 Å². The summed E-state index contributed by atoms with van der Waals surface area (Å²) in [5.74, 6) is -1.70. The first-order valence-electron chi connectivity index (χ1n) is 4.60. The average Bonchev–Trinajstić information content (AvgIpc) is 2.25. The summed E-state index contributed by atoms with van der Waals surface area (Å²) >= 11 is 5.70. The molecule has 0 aliphatic carbocycles. The third kappa shape index (κ3) is 3.03. The van der Waals surface area contributed by atoms with Crippen LogP contribution in [0.4, 0.5) is 4.39 Å². The fourth-order valence-corrected chi connectivity index (χ4v) is 1.48. The van der Waals surface area contributed by atoms with E-state index < -0.39 is 17.6 Å². The van der Waals surface area contributed by atoms with Crippen LogP contribution in [0.1, 0.15) is 23.2 Å². The first-order chi connectivity index (χ1) is 7.56. The normalized spacial score (nSPS) is 9.94. The Balaban J connectivity index is 2.77. The smallest absolute Gasteiger partial charge is 0.305 e. The summed E-state index contributed by atoms with van der Waals surface area (Å²) in [7, 11) is 1.23. The Morgan fingerprint density at radius 3 is 2.62 bits per heavy atom. The summed E-state index contributed by atoms with van der Waals surface area (Å²) in [4.78, 5) is 22.4. The van der Waals surface area contributed by atoms with Crippen molar-refractivity contribution >= 4 is 23.4 Å². The molecule has 0 aliphatic rings. The molecule has 0 unspecified atom stereocenters. The second kappa shape index (κ2) is 5.61. The Morgan fingerprint density at radius 1 is 1.38 bits per heavy atom. The quantitative estimate of drug-likeness (QED) is 0.604. The van der Waals surface area contributed by atoms with Crippen molar-refractivity contribution in [3.05, 3.63) is 34.6 Å². The molecule has 0 saturated heterocycles. The van der Waals surface area contributed by atoms with Gasteiger partial charge in [0, 0.05) is 6.42 Å². The number of ether oxygens (including phenoxy) is 1. The van der Waals surface area contributed by atoms with E-state index in [9.17, 15) is 14.0 Å². The number of rotatable bonds is 4. The van der Waals surface area contributed by atoms with Crippen LogP contribution in [0.25, 0.3) is 0 Å². The molecular weight excluding hydrogens is 235 g/mol. The van der Waals surface area contributed by atoms with Crippen LogP contribution < -0.4 is 0 Å². The molecule has 1 rings (SSSR count). The number of esters is 1. The summed E-state index contributed by atoms with van der Waals surface area (Å²) in [5.41, 5.74) is -0.173. The minimum Gasteiger partial charge on any atom is -0.469 e. The Hall–Kier alpha value is -1.42. The Labute approximate surface area is 97.2 Å². The Morgan fingerprint density at radius 2 is 2.06 bits per heavy atom. The van der Waals surface area contributed by atoms with Gasteiger partial charge in [0.2, 0.25) is 0 Å². The molecule has 0 aromatic heterocycles. The third-order valence-corrected chi connectivity index (χ3v) is 2.34. The molecule has 0 fully saturated rings. The van der Waals surface area contributed by atoms with Gasteiger partial charge in [0.1, 0.15) is 5.82 Å². The molecule has 0 atom stereocenters. The fourth-order valence-electron chi connectivity index (χ4n) is 1.21. The highest BCUT2D eigenvalue weighted by Gasteiger charge is 2.16. The van der Waals surface area contributed by atoms with Crippen molar-refractivity contribution in [2.24, 2.45) is 0 Å². The first kappa shape index (κ1) is 12.6. The van der Waals surface area contributed by atoms with Crippen LogP contribution >= 0.6 is 11.6 Å². The van der Waals surface area contributed by atoms with E-state index in [0.29, 0.717) is 0 Å². The van der Waals surface area contributed by atoms with E-state index in [1.165, 1.54) is 19.2 Å². The number of halogens is 2. The average molecular weight is 245 g/mol. The molecule has 3 nitrogen and oxygen atoms in total. The van der Waals surface area contributed by atoms with E-state index in [1.54, 1.807) is 0 Å². The van der Waals surface area contributed by atoms with Gasteiger partial charge < -0.3 is 4.74 Å². The predicted octanol–water partition coefficient (Wildman–Crippen LogP) is 2.62. The summed E-state index contributed by atoms with van der Waals surface area (Å²) in [6.45, 7) is 0. The van der Waals surface area contributed by atoms with E-state index >= 15 is 0 Å². The van der Waals surface area contributed by atoms with Gasteiger partial charge in [-0.2, -0.15) is 0 Å². The van der Waals surface area contributed by atoms with Gasteiger partial charge in [-0.3, -0.25) is 9.59 Å². The largest absolute Gasteiger partial charge is 0.469 e. The molecule has 0 amide bonds. The highest BCUT2D eigenvalue weighted by molar-refractivity contribution is 6.34. The third-order valence-electron chi connectivity index (χ3n) is 2.03. The minimum atomic E-state index is -0.678. The zero-order valence-electron chi connectivity index (χ0n) is 8.63. The molecule has 0 bridgehead atoms. The van der Waals surface area contributed by atoms with E-state index in [2.05, 4.69) is 4.74 Å². The van der Waals surface area contributed by atoms with Gasteiger partial charge in [0.25, 0.3) is 0 Å². The highest BCUT2D eigenvalue weighted by atomic mass is 35.5. The van der Waals surface area contributed by atoms with Gasteiger partial charge in [0.05, 0.1) is 24.1 Å². The fraction of sp³-hybridized carbons (Fsp3) is 0.273. The lowest BCUT2D eigenvalue weighted by Gasteiger charge is -2.04. The first-order valence-corrected chi connectivity index (χ1v) is 4.98. The van der Waals surface area contributed by atoms with Crippen LogP contribution in [-0.2, 0) is 9.53 Å². The highest BCUT2D eigenvalue weighted by Crippen LogP contribution is 2.21. The maximum absolute atomic E-state index is 13.3. The molecule has 0 heterocycles. The lowest BCUT2D eigenvalue weighted by molar-refractivity contribution is -0.140. The van der Waals surface area contributed by atoms with Crippen LogP contribution in [-0.4, -0.2) is 18.9 Å². The predicted molar refractivity (Wildman–Crippen MR) is 57.0 cm³/mol. The van der Waals surface area contributed by atoms with Crippen LogP contribution in [0.15, 0.2) is 18.2 Å². The molecular formula is C11H10ClFO3.